The van der Waals surface area contributed by atoms with Gasteiger partial charge in [-0.2, -0.15) is 0 Å². The largest absolute Gasteiger partial charge is 0.493 e. The van der Waals surface area contributed by atoms with Crippen LogP contribution in [-0.2, 0) is 9.59 Å². The van der Waals surface area contributed by atoms with E-state index >= 15 is 0 Å². The summed E-state index contributed by atoms with van der Waals surface area (Å²) in [5.74, 6) is 0.0155. The number of rotatable bonds is 4. The van der Waals surface area contributed by atoms with E-state index in [9.17, 15) is 9.59 Å². The lowest BCUT2D eigenvalue weighted by atomic mass is 9.72. The highest BCUT2D eigenvalue weighted by Gasteiger charge is 2.53. The Labute approximate surface area is 134 Å². The fourth-order valence-electron chi connectivity index (χ4n) is 3.50. The summed E-state index contributed by atoms with van der Waals surface area (Å²) in [6.07, 6.45) is 0.605. The van der Waals surface area contributed by atoms with Crippen molar-refractivity contribution in [2.24, 2.45) is 5.92 Å². The summed E-state index contributed by atoms with van der Waals surface area (Å²) in [6.45, 7) is 1.81. The fraction of sp³-hybridized carbons (Fsp3) is 0.500. The molecule has 1 aromatic carbocycles. The normalized spacial score (nSPS) is 28.9. The maximum atomic E-state index is 12.2. The van der Waals surface area contributed by atoms with Crippen molar-refractivity contribution in [2.75, 3.05) is 21.3 Å². The van der Waals surface area contributed by atoms with Crippen molar-refractivity contribution in [3.05, 3.63) is 17.7 Å². The Balaban J connectivity index is 2.08. The summed E-state index contributed by atoms with van der Waals surface area (Å²) in [6, 6.07) is 3.60. The molecule has 3 aliphatic heterocycles. The zero-order valence-corrected chi connectivity index (χ0v) is 13.6. The average Bonchev–Trinajstić information content (AvgIpc) is 2.51. The Bertz CT molecular complexity index is 629. The quantitative estimate of drug-likeness (QED) is 0.801. The molecule has 7 heteroatoms. The Morgan fingerprint density at radius 1 is 1.00 bits per heavy atom. The predicted molar refractivity (Wildman–Crippen MR) is 81.6 cm³/mol. The maximum Gasteiger partial charge on any atom is 0.235 e. The Hall–Kier alpha value is -2.44. The second-order valence-corrected chi connectivity index (χ2v) is 6.06. The number of carbonyl (C=O) groups excluding carboxylic acids is 2. The SMILES string of the molecule is COc1cc(C2CC3(C)NC(=O)C2C(=O)N3)cc(OC)c1OC. The number of ether oxygens (including phenoxy) is 3. The second kappa shape index (κ2) is 5.33. The third-order valence-corrected chi connectivity index (χ3v) is 4.51. The van der Waals surface area contributed by atoms with Gasteiger partial charge in [-0.3, -0.25) is 9.59 Å². The molecule has 1 aromatic rings. The number of methoxy groups -OCH3 is 3. The number of nitrogens with one attached hydrogen (secondary N) is 2. The minimum Gasteiger partial charge on any atom is -0.493 e. The molecule has 2 amide bonds. The molecule has 3 saturated heterocycles. The van der Waals surface area contributed by atoms with Gasteiger partial charge in [0.15, 0.2) is 11.5 Å². The molecule has 4 rings (SSSR count). The highest BCUT2D eigenvalue weighted by atomic mass is 16.5. The molecule has 3 fully saturated rings. The highest BCUT2D eigenvalue weighted by Crippen LogP contribution is 2.46. The van der Waals surface area contributed by atoms with Crippen LogP contribution in [-0.4, -0.2) is 38.8 Å². The first-order chi connectivity index (χ1) is 10.9. The van der Waals surface area contributed by atoms with E-state index in [1.54, 1.807) is 12.1 Å². The summed E-state index contributed by atoms with van der Waals surface area (Å²) >= 11 is 0. The van der Waals surface area contributed by atoms with Crippen LogP contribution in [0.15, 0.2) is 12.1 Å². The minimum atomic E-state index is -0.750. The van der Waals surface area contributed by atoms with Gasteiger partial charge in [-0.1, -0.05) is 0 Å². The van der Waals surface area contributed by atoms with Gasteiger partial charge < -0.3 is 24.8 Å². The third-order valence-electron chi connectivity index (χ3n) is 4.51. The van der Waals surface area contributed by atoms with Crippen LogP contribution in [0.3, 0.4) is 0 Å². The van der Waals surface area contributed by atoms with Crippen molar-refractivity contribution in [3.8, 4) is 17.2 Å². The predicted octanol–water partition coefficient (Wildman–Crippen LogP) is 0.778. The van der Waals surface area contributed by atoms with Crippen LogP contribution < -0.4 is 24.8 Å². The van der Waals surface area contributed by atoms with Crippen LogP contribution in [0.5, 0.6) is 17.2 Å². The molecule has 0 saturated carbocycles. The van der Waals surface area contributed by atoms with Crippen molar-refractivity contribution in [1.82, 2.24) is 10.6 Å². The molecule has 124 valence electrons. The number of hydrogen-bond donors (Lipinski definition) is 2. The van der Waals surface area contributed by atoms with E-state index in [-0.39, 0.29) is 17.7 Å². The van der Waals surface area contributed by atoms with E-state index in [4.69, 9.17) is 14.2 Å². The standard InChI is InChI=1S/C16H20N2O5/c1-16-7-9(12(14(19)17-16)15(20)18-16)8-5-10(21-2)13(23-4)11(6-8)22-3/h5-6,9,12H,7H2,1-4H3,(H,17,19)(H,18,20). The number of fused-ring (bicyclic) bond motifs is 3. The molecular weight excluding hydrogens is 300 g/mol. The van der Waals surface area contributed by atoms with Gasteiger partial charge in [-0.25, -0.2) is 0 Å². The molecule has 0 radical (unpaired) electrons. The van der Waals surface area contributed by atoms with Gasteiger partial charge in [0.2, 0.25) is 17.6 Å². The number of hydrogen-bond acceptors (Lipinski definition) is 5. The molecule has 1 atom stereocenters. The third kappa shape index (κ3) is 2.36. The number of benzene rings is 1. The first-order valence-electron chi connectivity index (χ1n) is 7.36. The number of carbonyl (C=O) groups is 2. The highest BCUT2D eigenvalue weighted by molar-refractivity contribution is 6.05. The Kier molecular flexibility index (Phi) is 3.58. The van der Waals surface area contributed by atoms with Crippen LogP contribution in [0, 0.1) is 5.92 Å². The smallest absolute Gasteiger partial charge is 0.235 e. The van der Waals surface area contributed by atoms with E-state index in [1.807, 2.05) is 6.92 Å². The summed E-state index contributed by atoms with van der Waals surface area (Å²) in [5, 5.41) is 5.69. The van der Waals surface area contributed by atoms with Crippen LogP contribution in [0.2, 0.25) is 0 Å². The van der Waals surface area contributed by atoms with Gasteiger partial charge >= 0.3 is 0 Å². The van der Waals surface area contributed by atoms with E-state index in [2.05, 4.69) is 10.6 Å². The molecule has 1 unspecified atom stereocenters. The van der Waals surface area contributed by atoms with Crippen molar-refractivity contribution >= 4 is 11.8 Å². The Morgan fingerprint density at radius 2 is 1.52 bits per heavy atom. The maximum absolute atomic E-state index is 12.2. The summed E-state index contributed by atoms with van der Waals surface area (Å²) < 4.78 is 16.0. The summed E-state index contributed by atoms with van der Waals surface area (Å²) in [5.41, 5.74) is 0.0916. The van der Waals surface area contributed by atoms with Gasteiger partial charge in [0.1, 0.15) is 11.6 Å². The van der Waals surface area contributed by atoms with Crippen molar-refractivity contribution in [3.63, 3.8) is 0 Å². The van der Waals surface area contributed by atoms with Gasteiger partial charge in [-0.05, 0) is 31.0 Å². The van der Waals surface area contributed by atoms with Gasteiger partial charge in [-0.15, -0.1) is 0 Å². The topological polar surface area (TPSA) is 85.9 Å². The van der Waals surface area contributed by atoms with Crippen molar-refractivity contribution in [2.45, 2.75) is 24.9 Å². The van der Waals surface area contributed by atoms with Gasteiger partial charge in [0.05, 0.1) is 21.3 Å². The molecule has 0 aliphatic carbocycles. The van der Waals surface area contributed by atoms with Gasteiger partial charge in [0.25, 0.3) is 0 Å². The van der Waals surface area contributed by atoms with Crippen molar-refractivity contribution < 1.29 is 23.8 Å². The monoisotopic (exact) mass is 320 g/mol. The zero-order chi connectivity index (χ0) is 16.8. The van der Waals surface area contributed by atoms with Crippen LogP contribution >= 0.6 is 0 Å². The van der Waals surface area contributed by atoms with Crippen molar-refractivity contribution in [1.29, 1.82) is 0 Å². The first-order valence-corrected chi connectivity index (χ1v) is 7.36. The molecule has 7 nitrogen and oxygen atoms in total. The fourth-order valence-corrected chi connectivity index (χ4v) is 3.50. The summed E-state index contributed by atoms with van der Waals surface area (Å²) in [7, 11) is 4.61. The zero-order valence-electron chi connectivity index (χ0n) is 13.6. The van der Waals surface area contributed by atoms with Gasteiger partial charge in [0, 0.05) is 5.92 Å². The molecule has 0 spiro atoms. The van der Waals surface area contributed by atoms with Crippen LogP contribution in [0.1, 0.15) is 24.8 Å². The van der Waals surface area contributed by atoms with Crippen LogP contribution in [0.25, 0.3) is 0 Å². The van der Waals surface area contributed by atoms with Crippen LogP contribution in [0.4, 0.5) is 0 Å². The van der Waals surface area contributed by atoms with E-state index in [1.165, 1.54) is 21.3 Å². The second-order valence-electron chi connectivity index (χ2n) is 6.06. The lowest BCUT2D eigenvalue weighted by Crippen LogP contribution is -2.72. The molecule has 2 N–H and O–H groups in total. The minimum absolute atomic E-state index is 0.240. The first kappa shape index (κ1) is 15.5. The Morgan fingerprint density at radius 3 is 1.91 bits per heavy atom. The molecule has 2 bridgehead atoms. The molecule has 3 aliphatic rings. The van der Waals surface area contributed by atoms with E-state index in [0.29, 0.717) is 23.7 Å². The molecule has 3 heterocycles. The molecule has 0 aromatic heterocycles. The lowest BCUT2D eigenvalue weighted by molar-refractivity contribution is -0.149. The summed E-state index contributed by atoms with van der Waals surface area (Å²) in [4.78, 5) is 24.5. The van der Waals surface area contributed by atoms with E-state index < -0.39 is 11.6 Å². The number of piperidine rings is 2. The number of amides is 2. The van der Waals surface area contributed by atoms with E-state index in [0.717, 1.165) is 5.56 Å². The average molecular weight is 320 g/mol. The molecule has 23 heavy (non-hydrogen) atoms. The molecular formula is C16H20N2O5. The lowest BCUT2D eigenvalue weighted by Gasteiger charge is -2.48.